The lowest BCUT2D eigenvalue weighted by molar-refractivity contribution is -0.131. The summed E-state index contributed by atoms with van der Waals surface area (Å²) in [6.45, 7) is 5.18. The molecule has 2 aliphatic rings. The lowest BCUT2D eigenvalue weighted by Crippen LogP contribution is -2.51. The van der Waals surface area contributed by atoms with Gasteiger partial charge in [0.05, 0.1) is 6.54 Å². The van der Waals surface area contributed by atoms with Gasteiger partial charge in [-0.2, -0.15) is 0 Å². The van der Waals surface area contributed by atoms with Crippen molar-refractivity contribution in [3.63, 3.8) is 0 Å². The van der Waals surface area contributed by atoms with E-state index < -0.39 is 0 Å². The van der Waals surface area contributed by atoms with Crippen LogP contribution in [-0.4, -0.2) is 55.0 Å². The molecular weight excluding hydrogens is 214 g/mol. The zero-order valence-electron chi connectivity index (χ0n) is 10.7. The van der Waals surface area contributed by atoms with Crippen molar-refractivity contribution in [2.75, 3.05) is 39.3 Å². The Bertz CT molecular complexity index is 243. The molecule has 2 N–H and O–H groups in total. The van der Waals surface area contributed by atoms with Crippen molar-refractivity contribution in [2.24, 2.45) is 11.7 Å². The van der Waals surface area contributed by atoms with Crippen LogP contribution in [0.1, 0.15) is 32.1 Å². The summed E-state index contributed by atoms with van der Waals surface area (Å²) in [6, 6.07) is 0. The first kappa shape index (κ1) is 12.8. The quantitative estimate of drug-likeness (QED) is 0.787. The molecule has 1 saturated carbocycles. The van der Waals surface area contributed by atoms with Gasteiger partial charge in [-0.05, 0) is 18.8 Å². The number of nitrogens with zero attached hydrogens (tertiary/aromatic N) is 2. The third kappa shape index (κ3) is 3.68. The molecule has 0 spiro atoms. The van der Waals surface area contributed by atoms with Crippen molar-refractivity contribution in [3.8, 4) is 0 Å². The molecule has 0 atom stereocenters. The molecule has 1 aliphatic carbocycles. The van der Waals surface area contributed by atoms with Crippen molar-refractivity contribution in [2.45, 2.75) is 32.1 Å². The maximum absolute atomic E-state index is 11.4. The predicted octanol–water partition coefficient (Wildman–Crippen LogP) is 0.670. The fourth-order valence-electron chi connectivity index (χ4n) is 3.04. The Morgan fingerprint density at radius 2 is 1.71 bits per heavy atom. The molecule has 4 heteroatoms. The second kappa shape index (κ2) is 6.36. The first-order chi connectivity index (χ1) is 8.29. The van der Waals surface area contributed by atoms with Crippen LogP contribution in [-0.2, 0) is 4.79 Å². The number of carbonyl (C=O) groups is 1. The van der Waals surface area contributed by atoms with E-state index in [4.69, 9.17) is 5.73 Å². The molecule has 98 valence electrons. The summed E-state index contributed by atoms with van der Waals surface area (Å²) in [7, 11) is 0. The van der Waals surface area contributed by atoms with Gasteiger partial charge in [-0.3, -0.25) is 9.69 Å². The fourth-order valence-corrected chi connectivity index (χ4v) is 3.04. The normalized spacial score (nSPS) is 23.9. The van der Waals surface area contributed by atoms with Crippen molar-refractivity contribution >= 4 is 5.91 Å². The molecule has 0 aromatic carbocycles. The van der Waals surface area contributed by atoms with E-state index >= 15 is 0 Å². The highest BCUT2D eigenvalue weighted by Gasteiger charge is 2.22. The highest BCUT2D eigenvalue weighted by molar-refractivity contribution is 5.78. The summed E-state index contributed by atoms with van der Waals surface area (Å²) in [6.07, 6.45) is 7.06. The van der Waals surface area contributed by atoms with E-state index in [2.05, 4.69) is 4.90 Å². The van der Waals surface area contributed by atoms with Gasteiger partial charge in [0, 0.05) is 32.7 Å². The number of hydrogen-bond acceptors (Lipinski definition) is 3. The highest BCUT2D eigenvalue weighted by atomic mass is 16.2. The van der Waals surface area contributed by atoms with Crippen molar-refractivity contribution in [1.82, 2.24) is 9.80 Å². The zero-order chi connectivity index (χ0) is 12.1. The number of piperazine rings is 1. The Labute approximate surface area is 104 Å². The summed E-state index contributed by atoms with van der Waals surface area (Å²) in [5.74, 6) is 1.00. The molecule has 1 amide bonds. The molecule has 1 heterocycles. The van der Waals surface area contributed by atoms with E-state index in [1.54, 1.807) is 0 Å². The number of nitrogens with two attached hydrogens (primary N) is 1. The summed E-state index contributed by atoms with van der Waals surface area (Å²) in [5, 5.41) is 0. The minimum atomic E-state index is 0.0994. The zero-order valence-corrected chi connectivity index (χ0v) is 10.7. The van der Waals surface area contributed by atoms with Crippen LogP contribution in [0.25, 0.3) is 0 Å². The Morgan fingerprint density at radius 1 is 1.06 bits per heavy atom. The molecule has 0 aromatic heterocycles. The van der Waals surface area contributed by atoms with E-state index in [1.807, 2.05) is 4.90 Å². The molecule has 2 fully saturated rings. The van der Waals surface area contributed by atoms with Gasteiger partial charge in [-0.25, -0.2) is 0 Å². The Balaban J connectivity index is 1.69. The second-order valence-corrected chi connectivity index (χ2v) is 5.39. The van der Waals surface area contributed by atoms with E-state index in [1.165, 1.54) is 38.6 Å². The standard InChI is InChI=1S/C13H25N3O/c14-10-13(17)16-8-6-15(7-9-16)11-12-4-2-1-3-5-12/h12H,1-11,14H2. The molecule has 4 nitrogen and oxygen atoms in total. The van der Waals surface area contributed by atoms with E-state index in [9.17, 15) is 4.79 Å². The van der Waals surface area contributed by atoms with Gasteiger partial charge < -0.3 is 10.6 Å². The minimum absolute atomic E-state index is 0.0994. The summed E-state index contributed by atoms with van der Waals surface area (Å²) >= 11 is 0. The van der Waals surface area contributed by atoms with E-state index in [-0.39, 0.29) is 12.5 Å². The molecule has 1 aliphatic heterocycles. The molecule has 1 saturated heterocycles. The summed E-state index contributed by atoms with van der Waals surface area (Å²) in [4.78, 5) is 15.9. The van der Waals surface area contributed by atoms with Gasteiger partial charge in [0.15, 0.2) is 0 Å². The average Bonchev–Trinajstić information content (AvgIpc) is 2.40. The predicted molar refractivity (Wildman–Crippen MR) is 68.6 cm³/mol. The maximum Gasteiger partial charge on any atom is 0.236 e. The van der Waals surface area contributed by atoms with Gasteiger partial charge in [0.2, 0.25) is 5.91 Å². The lowest BCUT2D eigenvalue weighted by atomic mass is 9.89. The molecule has 0 unspecified atom stereocenters. The van der Waals surface area contributed by atoms with Gasteiger partial charge in [-0.1, -0.05) is 19.3 Å². The van der Waals surface area contributed by atoms with Gasteiger partial charge in [0.1, 0.15) is 0 Å². The molecule has 0 bridgehead atoms. The molecule has 0 aromatic rings. The monoisotopic (exact) mass is 239 g/mol. The Kier molecular flexibility index (Phi) is 4.80. The molecule has 17 heavy (non-hydrogen) atoms. The molecule has 0 radical (unpaired) electrons. The summed E-state index contributed by atoms with van der Waals surface area (Å²) in [5.41, 5.74) is 5.38. The minimum Gasteiger partial charge on any atom is -0.339 e. The van der Waals surface area contributed by atoms with Crippen LogP contribution >= 0.6 is 0 Å². The average molecular weight is 239 g/mol. The Morgan fingerprint density at radius 3 is 2.29 bits per heavy atom. The second-order valence-electron chi connectivity index (χ2n) is 5.39. The van der Waals surface area contributed by atoms with Crippen LogP contribution in [0.15, 0.2) is 0 Å². The van der Waals surface area contributed by atoms with Crippen molar-refractivity contribution in [1.29, 1.82) is 0 Å². The maximum atomic E-state index is 11.4. The lowest BCUT2D eigenvalue weighted by Gasteiger charge is -2.37. The highest BCUT2D eigenvalue weighted by Crippen LogP contribution is 2.24. The largest absolute Gasteiger partial charge is 0.339 e. The number of hydrogen-bond donors (Lipinski definition) is 1. The topological polar surface area (TPSA) is 49.6 Å². The molecule has 2 rings (SSSR count). The van der Waals surface area contributed by atoms with Crippen molar-refractivity contribution in [3.05, 3.63) is 0 Å². The first-order valence-corrected chi connectivity index (χ1v) is 7.00. The van der Waals surface area contributed by atoms with Gasteiger partial charge >= 0.3 is 0 Å². The third-order valence-electron chi connectivity index (χ3n) is 4.14. The smallest absolute Gasteiger partial charge is 0.236 e. The van der Waals surface area contributed by atoms with Crippen LogP contribution in [0.5, 0.6) is 0 Å². The number of carbonyl (C=O) groups excluding carboxylic acids is 1. The SMILES string of the molecule is NCC(=O)N1CCN(CC2CCCCC2)CC1. The van der Waals surface area contributed by atoms with Crippen LogP contribution < -0.4 is 5.73 Å². The van der Waals surface area contributed by atoms with Crippen molar-refractivity contribution < 1.29 is 4.79 Å². The van der Waals surface area contributed by atoms with Gasteiger partial charge in [-0.15, -0.1) is 0 Å². The number of amides is 1. The summed E-state index contributed by atoms with van der Waals surface area (Å²) < 4.78 is 0. The van der Waals surface area contributed by atoms with E-state index in [0.717, 1.165) is 32.1 Å². The molecular formula is C13H25N3O. The van der Waals surface area contributed by atoms with Crippen LogP contribution in [0.3, 0.4) is 0 Å². The first-order valence-electron chi connectivity index (χ1n) is 7.00. The van der Waals surface area contributed by atoms with Gasteiger partial charge in [0.25, 0.3) is 0 Å². The van der Waals surface area contributed by atoms with Crippen LogP contribution in [0.4, 0.5) is 0 Å². The number of rotatable bonds is 3. The Hall–Kier alpha value is -0.610. The van der Waals surface area contributed by atoms with E-state index in [0.29, 0.717) is 0 Å². The van der Waals surface area contributed by atoms with Crippen LogP contribution in [0, 0.1) is 5.92 Å². The third-order valence-corrected chi connectivity index (χ3v) is 4.14. The van der Waals surface area contributed by atoms with Crippen LogP contribution in [0.2, 0.25) is 0 Å². The fraction of sp³-hybridized carbons (Fsp3) is 0.923.